The molecular weight excluding hydrogens is 1380 g/mol. The van der Waals surface area contributed by atoms with Crippen LogP contribution in [0.2, 0.25) is 0 Å². The smallest absolute Gasteiger partial charge is 0.462 e. The molecule has 594 valence electrons. The third-order valence-electron chi connectivity index (χ3n) is 15.0. The van der Waals surface area contributed by atoms with Gasteiger partial charge in [-0.2, -0.15) is 0 Å². The average Bonchev–Trinajstić information content (AvgIpc) is 0.901. The highest BCUT2D eigenvalue weighted by atomic mass is 31.2. The quantitative estimate of drug-likeness (QED) is 0.0169. The van der Waals surface area contributed by atoms with E-state index >= 15 is 0 Å². The molecule has 106 heavy (non-hydrogen) atoms. The number of aliphatic hydroxyl groups excluding tert-OH is 1. The van der Waals surface area contributed by atoms with E-state index in [1.807, 2.05) is 36.5 Å². The Labute approximate surface area is 639 Å². The van der Waals surface area contributed by atoms with E-state index in [0.29, 0.717) is 38.5 Å². The first-order valence-electron chi connectivity index (χ1n) is 39.0. The zero-order valence-electron chi connectivity index (χ0n) is 64.8. The molecule has 5 atom stereocenters. The summed E-state index contributed by atoms with van der Waals surface area (Å²) in [5, 5.41) is 10.6. The molecule has 0 saturated carbocycles. The number of esters is 4. The van der Waals surface area contributed by atoms with Crippen LogP contribution < -0.4 is 0 Å². The molecule has 5 unspecified atom stereocenters. The van der Waals surface area contributed by atoms with Crippen molar-refractivity contribution in [3.63, 3.8) is 0 Å². The molecule has 0 spiro atoms. The van der Waals surface area contributed by atoms with Gasteiger partial charge in [-0.05, 0) is 161 Å². The monoisotopic (exact) mass is 1510 g/mol. The van der Waals surface area contributed by atoms with Gasteiger partial charge >= 0.3 is 39.5 Å². The third kappa shape index (κ3) is 75.6. The highest BCUT2D eigenvalue weighted by molar-refractivity contribution is 7.47. The van der Waals surface area contributed by atoms with Gasteiger partial charge in [0.25, 0.3) is 0 Å². The minimum Gasteiger partial charge on any atom is -0.462 e. The minimum atomic E-state index is -5.03. The number of phosphoric ester groups is 2. The fraction of sp³-hybridized carbons (Fsp3) is 0.540. The molecule has 0 heterocycles. The lowest BCUT2D eigenvalue weighted by Crippen LogP contribution is -2.30. The van der Waals surface area contributed by atoms with E-state index in [-0.39, 0.29) is 25.7 Å². The largest absolute Gasteiger partial charge is 0.472 e. The number of carbonyl (C=O) groups is 4. The summed E-state index contributed by atoms with van der Waals surface area (Å²) in [6, 6.07) is 0. The summed E-state index contributed by atoms with van der Waals surface area (Å²) in [7, 11) is -10.0. The molecule has 0 saturated heterocycles. The van der Waals surface area contributed by atoms with E-state index in [1.54, 1.807) is 12.2 Å². The summed E-state index contributed by atoms with van der Waals surface area (Å²) >= 11 is 0. The second-order valence-electron chi connectivity index (χ2n) is 24.8. The number of ether oxygens (including phenoxy) is 4. The summed E-state index contributed by atoms with van der Waals surface area (Å²) < 4.78 is 68.3. The molecule has 0 aliphatic rings. The van der Waals surface area contributed by atoms with Crippen molar-refractivity contribution in [2.45, 2.75) is 264 Å². The standard InChI is InChI=1S/C87H134O17P2/c1-5-9-13-17-21-25-29-33-37-40-44-47-51-55-59-63-67-71-84(89)97-77-82(103-86(91)73-69-65-61-57-53-49-43-36-32-28-24-20-16-12-8-4)79-101-105(93,94)99-75-81(88)76-100-106(95,96)102-80-83(104-87(92)74-70-66-62-58-54-50-46-42-39-35-31-27-23-19-15-11-7-3)78-98-85(90)72-68-64-60-56-52-48-45-41-38-34-30-26-22-18-14-10-6-2/h9-16,21-28,33-39,43-45,47-48,53,55-57,59-60,65,69,81-83,88H,5-8,17-20,29-32,40-42,46,49-52,54,58,61-64,66-68,70-80H2,1-4H3,(H,93,94)(H,95,96)/b13-9-,14-10-,15-11-,16-12-,25-21-,26-22-,27-23-,28-24-,37-33-,38-34-,39-35-,43-36-,47-44-,48-45-,57-53-,59-55-,60-56-,69-65-. The predicted octanol–water partition coefficient (Wildman–Crippen LogP) is 22.9. The number of rotatable bonds is 70. The highest BCUT2D eigenvalue weighted by Crippen LogP contribution is 2.45. The first kappa shape index (κ1) is 99.4. The maximum absolute atomic E-state index is 13.1. The molecule has 0 aromatic rings. The second-order valence-corrected chi connectivity index (χ2v) is 27.7. The summed E-state index contributed by atoms with van der Waals surface area (Å²) in [5.74, 6) is -2.50. The molecule has 0 amide bonds. The second kappa shape index (κ2) is 76.6. The Morgan fingerprint density at radius 3 is 0.821 bits per heavy atom. The van der Waals surface area contributed by atoms with E-state index in [9.17, 15) is 43.2 Å². The van der Waals surface area contributed by atoms with Gasteiger partial charge in [-0.1, -0.05) is 279 Å². The van der Waals surface area contributed by atoms with Crippen LogP contribution in [0.15, 0.2) is 219 Å². The summed E-state index contributed by atoms with van der Waals surface area (Å²) in [5.41, 5.74) is 0. The van der Waals surface area contributed by atoms with Crippen LogP contribution in [-0.2, 0) is 65.4 Å². The van der Waals surface area contributed by atoms with Gasteiger partial charge in [-0.15, -0.1) is 0 Å². The summed E-state index contributed by atoms with van der Waals surface area (Å²) in [6.07, 6.45) is 96.9. The lowest BCUT2D eigenvalue weighted by atomic mass is 10.1. The molecule has 19 heteroatoms. The number of hydrogen-bond donors (Lipinski definition) is 3. The predicted molar refractivity (Wildman–Crippen MR) is 435 cm³/mol. The molecule has 0 fully saturated rings. The zero-order chi connectivity index (χ0) is 77.4. The minimum absolute atomic E-state index is 0.0529. The Balaban J connectivity index is 5.57. The van der Waals surface area contributed by atoms with E-state index in [0.717, 1.165) is 154 Å². The Morgan fingerprint density at radius 1 is 0.274 bits per heavy atom. The van der Waals surface area contributed by atoms with Gasteiger partial charge in [-0.25, -0.2) is 9.13 Å². The lowest BCUT2D eigenvalue weighted by molar-refractivity contribution is -0.161. The van der Waals surface area contributed by atoms with E-state index in [4.69, 9.17) is 37.0 Å². The molecular formula is C87H134O17P2. The van der Waals surface area contributed by atoms with Crippen molar-refractivity contribution in [3.8, 4) is 0 Å². The van der Waals surface area contributed by atoms with Crippen LogP contribution in [0.25, 0.3) is 0 Å². The maximum atomic E-state index is 13.1. The van der Waals surface area contributed by atoms with Gasteiger partial charge in [0.15, 0.2) is 12.2 Å². The van der Waals surface area contributed by atoms with Gasteiger partial charge in [0.1, 0.15) is 19.3 Å². The topological polar surface area (TPSA) is 237 Å². The van der Waals surface area contributed by atoms with Crippen LogP contribution in [0, 0.1) is 0 Å². The van der Waals surface area contributed by atoms with Crippen LogP contribution >= 0.6 is 15.6 Å². The number of aliphatic hydroxyl groups is 1. The Morgan fingerprint density at radius 2 is 0.509 bits per heavy atom. The van der Waals surface area contributed by atoms with E-state index < -0.39 is 97.5 Å². The lowest BCUT2D eigenvalue weighted by Gasteiger charge is -2.21. The van der Waals surface area contributed by atoms with Crippen LogP contribution in [0.3, 0.4) is 0 Å². The third-order valence-corrected chi connectivity index (χ3v) is 16.9. The van der Waals surface area contributed by atoms with Gasteiger partial charge in [0, 0.05) is 19.3 Å². The number of phosphoric acid groups is 2. The van der Waals surface area contributed by atoms with Crippen LogP contribution in [0.5, 0.6) is 0 Å². The summed E-state index contributed by atoms with van der Waals surface area (Å²) in [4.78, 5) is 72.9. The molecule has 0 aromatic heterocycles. The van der Waals surface area contributed by atoms with Crippen molar-refractivity contribution >= 4 is 39.5 Å². The summed E-state index contributed by atoms with van der Waals surface area (Å²) in [6.45, 7) is 4.11. The van der Waals surface area contributed by atoms with Crippen molar-refractivity contribution in [2.24, 2.45) is 0 Å². The Bertz CT molecular complexity index is 2880. The van der Waals surface area contributed by atoms with E-state index in [1.165, 1.54) is 0 Å². The molecule has 0 aliphatic heterocycles. The maximum Gasteiger partial charge on any atom is 0.472 e. The SMILES string of the molecule is CC/C=C\C/C=C\C/C=C\C/C=C\C/C=C\CCCC(=O)OCC(COP(=O)(O)OCC(O)COP(=O)(O)OCC(COC(=O)CCC/C=C\C/C=C\C/C=C\C/C=C\C/C=C\CC)OC(=O)CCCCCCCCC/C=C\C/C=C\C/C=C\CC)OC(=O)C/C=C\C/C=C\C/C=C\C/C=C\C/C=C\CC. The van der Waals surface area contributed by atoms with Crippen LogP contribution in [0.4, 0.5) is 0 Å². The van der Waals surface area contributed by atoms with Gasteiger partial charge in [0.05, 0.1) is 32.8 Å². The number of carbonyl (C=O) groups excluding carboxylic acids is 4. The van der Waals surface area contributed by atoms with Gasteiger partial charge in [-0.3, -0.25) is 37.3 Å². The first-order valence-corrected chi connectivity index (χ1v) is 42.0. The molecule has 0 rings (SSSR count). The van der Waals surface area contributed by atoms with Crippen LogP contribution in [0.1, 0.15) is 246 Å². The average molecular weight is 1510 g/mol. The first-order chi connectivity index (χ1) is 51.7. The molecule has 17 nitrogen and oxygen atoms in total. The van der Waals surface area contributed by atoms with Crippen molar-refractivity contribution in [1.82, 2.24) is 0 Å². The fourth-order valence-corrected chi connectivity index (χ4v) is 10.8. The number of unbranched alkanes of at least 4 members (excludes halogenated alkanes) is 9. The molecule has 0 bridgehead atoms. The number of allylic oxidation sites excluding steroid dienone is 35. The molecule has 0 aromatic carbocycles. The fourth-order valence-electron chi connectivity index (χ4n) is 9.20. The van der Waals surface area contributed by atoms with Crippen molar-refractivity contribution in [1.29, 1.82) is 0 Å². The van der Waals surface area contributed by atoms with Crippen molar-refractivity contribution in [3.05, 3.63) is 219 Å². The highest BCUT2D eigenvalue weighted by Gasteiger charge is 2.30. The van der Waals surface area contributed by atoms with Gasteiger partial charge < -0.3 is 33.8 Å². The van der Waals surface area contributed by atoms with Crippen molar-refractivity contribution in [2.75, 3.05) is 39.6 Å². The molecule has 0 radical (unpaired) electrons. The Hall–Kier alpha value is -6.62. The molecule has 3 N–H and O–H groups in total. The van der Waals surface area contributed by atoms with Crippen molar-refractivity contribution < 1.29 is 80.2 Å². The molecule has 0 aliphatic carbocycles. The zero-order valence-corrected chi connectivity index (χ0v) is 66.5. The normalized spacial score (nSPS) is 15.0. The number of hydrogen-bond acceptors (Lipinski definition) is 15. The van der Waals surface area contributed by atoms with Gasteiger partial charge in [0.2, 0.25) is 0 Å². The Kier molecular flexibility index (Phi) is 71.8. The van der Waals surface area contributed by atoms with E-state index in [2.05, 4.69) is 198 Å². The van der Waals surface area contributed by atoms with Crippen LogP contribution in [-0.4, -0.2) is 96.7 Å².